The molecule has 0 amide bonds. The second-order valence-corrected chi connectivity index (χ2v) is 9.58. The van der Waals surface area contributed by atoms with Crippen molar-refractivity contribution < 1.29 is 58.9 Å². The smallest absolute Gasteiger partial charge is 1.00 e. The van der Waals surface area contributed by atoms with Crippen LogP contribution >= 0.6 is 0 Å². The van der Waals surface area contributed by atoms with E-state index in [1.54, 1.807) is 27.4 Å². The summed E-state index contributed by atoms with van der Waals surface area (Å²) >= 11 is 0. The summed E-state index contributed by atoms with van der Waals surface area (Å²) in [6.45, 7) is 16.1. The molecule has 0 N–H and O–H groups in total. The third-order valence-corrected chi connectivity index (χ3v) is 7.05. The monoisotopic (exact) mass is 478 g/mol. The summed E-state index contributed by atoms with van der Waals surface area (Å²) in [5, 5.41) is 1.62. The first kappa shape index (κ1) is 32.0. The average Bonchev–Trinajstić information content (AvgIpc) is 2.66. The zero-order valence-corrected chi connectivity index (χ0v) is 23.0. The van der Waals surface area contributed by atoms with Gasteiger partial charge in [-0.05, 0) is 26.2 Å². The van der Waals surface area contributed by atoms with Gasteiger partial charge in [-0.2, -0.15) is 27.8 Å². The van der Waals surface area contributed by atoms with Crippen LogP contribution < -0.4 is 42.4 Å². The molecule has 0 aliphatic rings. The molecule has 0 aliphatic carbocycles. The molecule has 0 saturated heterocycles. The van der Waals surface area contributed by atoms with E-state index < -0.39 is 0 Å². The Balaban J connectivity index is -0.00000144. The molecule has 27 heavy (non-hydrogen) atoms. The molecule has 0 saturated carbocycles. The first-order chi connectivity index (χ1) is 10.8. The van der Waals surface area contributed by atoms with Crippen LogP contribution in [0.5, 0.6) is 0 Å². The van der Waals surface area contributed by atoms with Crippen molar-refractivity contribution in [2.75, 3.05) is 0 Å². The van der Waals surface area contributed by atoms with Crippen LogP contribution in [0.1, 0.15) is 59.2 Å². The summed E-state index contributed by atoms with van der Waals surface area (Å²) in [6.07, 6.45) is 2.57. The molecular formula is C22H33Cl3SiTi. The van der Waals surface area contributed by atoms with Gasteiger partial charge in [0.25, 0.3) is 0 Å². The molecule has 2 rings (SSSR count). The number of halogens is 3. The summed E-state index contributed by atoms with van der Waals surface area (Å²) in [7, 11) is -0.234. The van der Waals surface area contributed by atoms with Gasteiger partial charge in [-0.15, -0.1) is 0 Å². The van der Waals surface area contributed by atoms with E-state index in [1.807, 2.05) is 0 Å². The molecule has 2 aromatic rings. The SMILES string of the molecule is Cc1cc(C)cc([SiH2]C[c-]2c(C)c(C)c(C)c2CCC(C)C)c1.[Cl-].[Cl-].[Cl-].[Ti+4]. The second kappa shape index (κ2) is 14.4. The van der Waals surface area contributed by atoms with Crippen LogP contribution in [-0.2, 0) is 34.2 Å². The maximum Gasteiger partial charge on any atom is 4.00 e. The van der Waals surface area contributed by atoms with Crippen molar-refractivity contribution in [2.24, 2.45) is 5.92 Å². The van der Waals surface area contributed by atoms with E-state index in [0.717, 1.165) is 5.92 Å². The van der Waals surface area contributed by atoms with E-state index >= 15 is 0 Å². The van der Waals surface area contributed by atoms with E-state index in [-0.39, 0.29) is 68.5 Å². The Morgan fingerprint density at radius 1 is 0.852 bits per heavy atom. The third-order valence-electron chi connectivity index (χ3n) is 5.31. The van der Waals surface area contributed by atoms with Crippen LogP contribution in [-0.4, -0.2) is 9.52 Å². The van der Waals surface area contributed by atoms with Crippen molar-refractivity contribution in [1.82, 2.24) is 0 Å². The standard InChI is InChI=1S/C22H33Si.3ClH.Ti/c1-14(2)8-9-21-18(6)17(5)19(7)22(21)13-23-20-11-15(3)10-16(4)12-20;;;;/h10-12,14H,8-9,13,23H2,1-7H3;3*1H;/q-1;;;;+4/p-3. The van der Waals surface area contributed by atoms with E-state index in [9.17, 15) is 0 Å². The summed E-state index contributed by atoms with van der Waals surface area (Å²) < 4.78 is 0. The van der Waals surface area contributed by atoms with Crippen LogP contribution in [0.4, 0.5) is 0 Å². The molecule has 0 aliphatic heterocycles. The summed E-state index contributed by atoms with van der Waals surface area (Å²) in [6, 6.07) is 8.42. The minimum atomic E-state index is -0.234. The van der Waals surface area contributed by atoms with E-state index in [4.69, 9.17) is 0 Å². The Labute approximate surface area is 203 Å². The van der Waals surface area contributed by atoms with Gasteiger partial charge < -0.3 is 37.2 Å². The van der Waals surface area contributed by atoms with Gasteiger partial charge in [-0.25, -0.2) is 0 Å². The first-order valence-corrected chi connectivity index (χ1v) is 10.8. The minimum Gasteiger partial charge on any atom is -1.00 e. The van der Waals surface area contributed by atoms with Crippen molar-refractivity contribution in [1.29, 1.82) is 0 Å². The summed E-state index contributed by atoms with van der Waals surface area (Å²) in [5.41, 5.74) is 10.9. The molecule has 0 radical (unpaired) electrons. The molecule has 0 fully saturated rings. The van der Waals surface area contributed by atoms with Crippen molar-refractivity contribution >= 4 is 14.7 Å². The number of rotatable bonds is 6. The molecule has 0 aromatic heterocycles. The Morgan fingerprint density at radius 3 is 1.85 bits per heavy atom. The summed E-state index contributed by atoms with van der Waals surface area (Å²) in [4.78, 5) is 0. The molecule has 0 nitrogen and oxygen atoms in total. The largest absolute Gasteiger partial charge is 4.00 e. The van der Waals surface area contributed by atoms with Gasteiger partial charge in [0.1, 0.15) is 0 Å². The van der Waals surface area contributed by atoms with Gasteiger partial charge in [0.2, 0.25) is 0 Å². The molecule has 2 aromatic carbocycles. The number of benzene rings is 1. The Morgan fingerprint density at radius 2 is 1.37 bits per heavy atom. The fraction of sp³-hybridized carbons (Fsp3) is 0.500. The van der Waals surface area contributed by atoms with Gasteiger partial charge in [0.15, 0.2) is 0 Å². The normalized spacial score (nSPS) is 10.2. The topological polar surface area (TPSA) is 0 Å². The van der Waals surface area contributed by atoms with E-state index in [0.29, 0.717) is 0 Å². The number of hydrogen-bond donors (Lipinski definition) is 0. The Kier molecular flexibility index (Phi) is 17.1. The zero-order valence-electron chi connectivity index (χ0n) is 17.8. The minimum absolute atomic E-state index is 0. The van der Waals surface area contributed by atoms with Gasteiger partial charge in [-0.1, -0.05) is 81.6 Å². The fourth-order valence-electron chi connectivity index (χ4n) is 3.78. The number of aryl methyl sites for hydroxylation is 2. The maximum absolute atomic E-state index is 2.41. The zero-order chi connectivity index (χ0) is 17.1. The molecule has 0 atom stereocenters. The molecule has 5 heteroatoms. The van der Waals surface area contributed by atoms with Gasteiger partial charge >= 0.3 is 21.7 Å². The van der Waals surface area contributed by atoms with Crippen molar-refractivity contribution in [3.05, 3.63) is 57.1 Å². The molecule has 0 bridgehead atoms. The quantitative estimate of drug-likeness (QED) is 0.290. The molecular weight excluding hydrogens is 447 g/mol. The van der Waals surface area contributed by atoms with Gasteiger partial charge in [-0.3, -0.25) is 0 Å². The Hall–Kier alpha value is 0.371. The van der Waals surface area contributed by atoms with Gasteiger partial charge in [0, 0.05) is 9.52 Å². The van der Waals surface area contributed by atoms with Crippen LogP contribution in [0, 0.1) is 40.5 Å². The predicted octanol–water partition coefficient (Wildman–Crippen LogP) is -4.46. The average molecular weight is 480 g/mol. The van der Waals surface area contributed by atoms with E-state index in [1.165, 1.54) is 35.6 Å². The second-order valence-electron chi connectivity index (χ2n) is 7.76. The molecule has 0 heterocycles. The first-order valence-electron chi connectivity index (χ1n) is 9.11. The summed E-state index contributed by atoms with van der Waals surface area (Å²) in [5.74, 6) is 0.787. The molecule has 0 unspecified atom stereocenters. The van der Waals surface area contributed by atoms with Crippen LogP contribution in [0.25, 0.3) is 0 Å². The van der Waals surface area contributed by atoms with E-state index in [2.05, 4.69) is 66.7 Å². The maximum atomic E-state index is 2.41. The van der Waals surface area contributed by atoms with Crippen LogP contribution in [0.2, 0.25) is 0 Å². The fourth-order valence-corrected chi connectivity index (χ4v) is 5.93. The predicted molar refractivity (Wildman–Crippen MR) is 107 cm³/mol. The third kappa shape index (κ3) is 8.72. The van der Waals surface area contributed by atoms with Crippen LogP contribution in [0.15, 0.2) is 18.2 Å². The van der Waals surface area contributed by atoms with Crippen molar-refractivity contribution in [3.63, 3.8) is 0 Å². The van der Waals surface area contributed by atoms with Crippen molar-refractivity contribution in [2.45, 2.75) is 67.4 Å². The Bertz CT molecular complexity index is 673. The number of hydrogen-bond acceptors (Lipinski definition) is 0. The van der Waals surface area contributed by atoms with Crippen LogP contribution in [0.3, 0.4) is 0 Å². The molecule has 150 valence electrons. The molecule has 0 spiro atoms. The van der Waals surface area contributed by atoms with Crippen molar-refractivity contribution in [3.8, 4) is 0 Å². The van der Waals surface area contributed by atoms with Gasteiger partial charge in [0.05, 0.1) is 0 Å².